The third-order valence-electron chi connectivity index (χ3n) is 4.23. The second-order valence-electron chi connectivity index (χ2n) is 6.48. The summed E-state index contributed by atoms with van der Waals surface area (Å²) in [4.78, 5) is 23.9. The number of Topliss-reactive ketones (excluding diaryl/α,β-unsaturated/α-hetero) is 1. The molecule has 3 aromatic rings. The number of nitrogens with zero attached hydrogens (tertiary/aromatic N) is 3. The van der Waals surface area contributed by atoms with E-state index in [1.807, 2.05) is 36.6 Å². The normalized spacial score (nSPS) is 11.8. The topological polar surface area (TPSA) is 76.9 Å². The summed E-state index contributed by atoms with van der Waals surface area (Å²) in [5.74, 6) is 0.674. The van der Waals surface area contributed by atoms with Crippen molar-refractivity contribution in [2.45, 2.75) is 37.7 Å². The number of anilines is 1. The lowest BCUT2D eigenvalue weighted by Gasteiger charge is -2.13. The number of carbonyl (C=O) groups is 2. The van der Waals surface area contributed by atoms with Crippen molar-refractivity contribution >= 4 is 29.1 Å². The molecule has 1 N–H and O–H groups in total. The Kier molecular flexibility index (Phi) is 6.26. The molecule has 1 unspecified atom stereocenters. The monoisotopic (exact) mass is 394 g/mol. The fourth-order valence-corrected chi connectivity index (χ4v) is 3.74. The van der Waals surface area contributed by atoms with Crippen molar-refractivity contribution in [3.8, 4) is 0 Å². The number of amides is 1. The van der Waals surface area contributed by atoms with Crippen molar-refractivity contribution in [3.63, 3.8) is 0 Å². The molecule has 2 aromatic carbocycles. The highest BCUT2D eigenvalue weighted by Gasteiger charge is 2.20. The van der Waals surface area contributed by atoms with E-state index in [4.69, 9.17) is 0 Å². The molecule has 3 rings (SSSR count). The first kappa shape index (κ1) is 19.8. The molecule has 0 aliphatic carbocycles. The summed E-state index contributed by atoms with van der Waals surface area (Å²) < 4.78 is 2.02. The zero-order chi connectivity index (χ0) is 20.1. The maximum Gasteiger partial charge on any atom is 0.221 e. The van der Waals surface area contributed by atoms with Gasteiger partial charge in [0.05, 0.1) is 11.8 Å². The molecule has 1 heterocycles. The Morgan fingerprint density at radius 2 is 1.75 bits per heavy atom. The minimum absolute atomic E-state index is 0.00582. The lowest BCUT2D eigenvalue weighted by molar-refractivity contribution is -0.114. The second kappa shape index (κ2) is 8.84. The van der Waals surface area contributed by atoms with Crippen molar-refractivity contribution < 1.29 is 9.59 Å². The van der Waals surface area contributed by atoms with Crippen molar-refractivity contribution in [2.75, 3.05) is 5.32 Å². The van der Waals surface area contributed by atoms with Crippen LogP contribution >= 0.6 is 11.8 Å². The van der Waals surface area contributed by atoms with Crippen LogP contribution in [0.2, 0.25) is 0 Å². The van der Waals surface area contributed by atoms with Gasteiger partial charge in [0.1, 0.15) is 5.82 Å². The largest absolute Gasteiger partial charge is 0.326 e. The van der Waals surface area contributed by atoms with Crippen LogP contribution in [-0.4, -0.2) is 31.7 Å². The summed E-state index contributed by atoms with van der Waals surface area (Å²) in [5, 5.41) is 11.5. The highest BCUT2D eigenvalue weighted by Crippen LogP contribution is 2.26. The third kappa shape index (κ3) is 4.86. The number of rotatable bonds is 7. The molecule has 144 valence electrons. The van der Waals surface area contributed by atoms with Crippen molar-refractivity contribution in [1.29, 1.82) is 0 Å². The van der Waals surface area contributed by atoms with E-state index in [2.05, 4.69) is 27.6 Å². The standard InChI is InChI=1S/C21H22N4O2S/c1-14(20(27)18-9-11-19(12-10-18)22-16(3)26)28-21-24-23-15(2)25(21)13-17-7-5-4-6-8-17/h4-12,14H,13H2,1-3H3,(H,22,26). The molecule has 6 nitrogen and oxygen atoms in total. The Labute approximate surface area is 168 Å². The molecule has 0 aliphatic rings. The van der Waals surface area contributed by atoms with Gasteiger partial charge in [0.15, 0.2) is 10.9 Å². The number of carbonyl (C=O) groups excluding carboxylic acids is 2. The Hall–Kier alpha value is -2.93. The van der Waals surface area contributed by atoms with Crippen LogP contribution in [0.1, 0.15) is 35.6 Å². The molecule has 1 aromatic heterocycles. The fraction of sp³-hybridized carbons (Fsp3) is 0.238. The Balaban J connectivity index is 1.71. The minimum atomic E-state index is -0.315. The van der Waals surface area contributed by atoms with E-state index >= 15 is 0 Å². The Morgan fingerprint density at radius 1 is 1.07 bits per heavy atom. The van der Waals surface area contributed by atoms with E-state index in [1.54, 1.807) is 24.3 Å². The summed E-state index contributed by atoms with van der Waals surface area (Å²) in [5.41, 5.74) is 2.42. The Morgan fingerprint density at radius 3 is 2.39 bits per heavy atom. The van der Waals surface area contributed by atoms with Gasteiger partial charge in [0.25, 0.3) is 0 Å². The molecule has 7 heteroatoms. The predicted molar refractivity (Wildman–Crippen MR) is 111 cm³/mol. The molecule has 28 heavy (non-hydrogen) atoms. The summed E-state index contributed by atoms with van der Waals surface area (Å²) in [6.07, 6.45) is 0. The third-order valence-corrected chi connectivity index (χ3v) is 5.31. The van der Waals surface area contributed by atoms with Gasteiger partial charge in [-0.05, 0) is 43.7 Å². The van der Waals surface area contributed by atoms with Crippen LogP contribution in [0.5, 0.6) is 0 Å². The van der Waals surface area contributed by atoms with E-state index in [-0.39, 0.29) is 16.9 Å². The maximum absolute atomic E-state index is 12.8. The first-order valence-electron chi connectivity index (χ1n) is 8.96. The lowest BCUT2D eigenvalue weighted by Crippen LogP contribution is -2.15. The molecule has 0 saturated carbocycles. The van der Waals surface area contributed by atoms with Crippen molar-refractivity contribution in [2.24, 2.45) is 0 Å². The van der Waals surface area contributed by atoms with Crippen molar-refractivity contribution in [3.05, 3.63) is 71.5 Å². The van der Waals surface area contributed by atoms with Gasteiger partial charge in [-0.15, -0.1) is 10.2 Å². The van der Waals surface area contributed by atoms with Crippen LogP contribution in [0, 0.1) is 6.92 Å². The zero-order valence-corrected chi connectivity index (χ0v) is 16.9. The molecular formula is C21H22N4O2S. The van der Waals surface area contributed by atoms with Gasteiger partial charge in [-0.1, -0.05) is 42.1 Å². The molecule has 1 atom stereocenters. The number of aryl methyl sites for hydroxylation is 1. The SMILES string of the molecule is CC(=O)Nc1ccc(C(=O)C(C)Sc2nnc(C)n2Cc2ccccc2)cc1. The number of aromatic nitrogens is 3. The molecule has 1 amide bonds. The number of hydrogen-bond acceptors (Lipinski definition) is 5. The van der Waals surface area contributed by atoms with Crippen LogP contribution in [0.15, 0.2) is 59.8 Å². The number of ketones is 1. The average molecular weight is 395 g/mol. The second-order valence-corrected chi connectivity index (χ2v) is 7.79. The average Bonchev–Trinajstić information content (AvgIpc) is 3.02. The minimum Gasteiger partial charge on any atom is -0.326 e. The van der Waals surface area contributed by atoms with E-state index in [0.29, 0.717) is 17.8 Å². The van der Waals surface area contributed by atoms with Crippen molar-refractivity contribution in [1.82, 2.24) is 14.8 Å². The van der Waals surface area contributed by atoms with Gasteiger partial charge >= 0.3 is 0 Å². The number of benzene rings is 2. The van der Waals surface area contributed by atoms with Gasteiger partial charge in [0, 0.05) is 18.2 Å². The van der Waals surface area contributed by atoms with Crippen LogP contribution in [0.4, 0.5) is 5.69 Å². The van der Waals surface area contributed by atoms with E-state index < -0.39 is 0 Å². The molecule has 0 bridgehead atoms. The highest BCUT2D eigenvalue weighted by atomic mass is 32.2. The molecule has 0 fully saturated rings. The van der Waals surface area contributed by atoms with Gasteiger partial charge < -0.3 is 9.88 Å². The van der Waals surface area contributed by atoms with Crippen LogP contribution in [0.3, 0.4) is 0 Å². The first-order chi connectivity index (χ1) is 13.4. The van der Waals surface area contributed by atoms with E-state index in [9.17, 15) is 9.59 Å². The van der Waals surface area contributed by atoms with Crippen LogP contribution in [0.25, 0.3) is 0 Å². The number of hydrogen-bond donors (Lipinski definition) is 1. The van der Waals surface area contributed by atoms with Crippen LogP contribution < -0.4 is 5.32 Å². The number of nitrogens with one attached hydrogen (secondary N) is 1. The van der Waals surface area contributed by atoms with Gasteiger partial charge in [-0.25, -0.2) is 0 Å². The summed E-state index contributed by atoms with van der Waals surface area (Å²) in [7, 11) is 0. The van der Waals surface area contributed by atoms with Gasteiger partial charge in [-0.2, -0.15) is 0 Å². The molecule has 0 radical (unpaired) electrons. The fourth-order valence-electron chi connectivity index (χ4n) is 2.76. The maximum atomic E-state index is 12.8. The summed E-state index contributed by atoms with van der Waals surface area (Å²) in [6.45, 7) is 5.89. The lowest BCUT2D eigenvalue weighted by atomic mass is 10.1. The summed E-state index contributed by atoms with van der Waals surface area (Å²) >= 11 is 1.40. The number of thioether (sulfide) groups is 1. The first-order valence-corrected chi connectivity index (χ1v) is 9.84. The zero-order valence-electron chi connectivity index (χ0n) is 16.0. The smallest absolute Gasteiger partial charge is 0.221 e. The predicted octanol–water partition coefficient (Wildman–Crippen LogP) is 3.96. The quantitative estimate of drug-likeness (QED) is 0.485. The van der Waals surface area contributed by atoms with E-state index in [0.717, 1.165) is 16.5 Å². The van der Waals surface area contributed by atoms with Crippen LogP contribution in [-0.2, 0) is 11.3 Å². The molecule has 0 saturated heterocycles. The van der Waals surface area contributed by atoms with E-state index in [1.165, 1.54) is 18.7 Å². The van der Waals surface area contributed by atoms with Gasteiger partial charge in [0.2, 0.25) is 5.91 Å². The molecular weight excluding hydrogens is 372 g/mol. The highest BCUT2D eigenvalue weighted by molar-refractivity contribution is 8.00. The van der Waals surface area contributed by atoms with Gasteiger partial charge in [-0.3, -0.25) is 9.59 Å². The molecule has 0 spiro atoms. The Bertz CT molecular complexity index is 968. The molecule has 0 aliphatic heterocycles. The summed E-state index contributed by atoms with van der Waals surface area (Å²) in [6, 6.07) is 17.0.